The maximum Gasteiger partial charge on any atom is 0.343 e. The predicted octanol–water partition coefficient (Wildman–Crippen LogP) is 2.37. The van der Waals surface area contributed by atoms with Crippen molar-refractivity contribution < 1.29 is 23.9 Å². The molecule has 0 aliphatic carbocycles. The summed E-state index contributed by atoms with van der Waals surface area (Å²) in [5, 5.41) is 0.324. The van der Waals surface area contributed by atoms with Crippen molar-refractivity contribution in [3.63, 3.8) is 0 Å². The minimum absolute atomic E-state index is 0.0616. The van der Waals surface area contributed by atoms with Crippen molar-refractivity contribution in [3.8, 4) is 5.88 Å². The minimum Gasteiger partial charge on any atom is -0.466 e. The van der Waals surface area contributed by atoms with E-state index in [4.69, 9.17) is 4.74 Å². The zero-order valence-electron chi connectivity index (χ0n) is 16.5. The Morgan fingerprint density at radius 2 is 1.83 bits per heavy atom. The number of ketones is 2. The van der Waals surface area contributed by atoms with Crippen LogP contribution in [0.5, 0.6) is 5.88 Å². The van der Waals surface area contributed by atoms with E-state index in [0.717, 1.165) is 5.56 Å². The van der Waals surface area contributed by atoms with Crippen LogP contribution < -0.4 is 4.74 Å². The number of esters is 1. The number of rotatable bonds is 8. The second kappa shape index (κ2) is 8.64. The molecule has 2 aromatic heterocycles. The first-order valence-electron chi connectivity index (χ1n) is 9.12. The van der Waals surface area contributed by atoms with Gasteiger partial charge in [-0.1, -0.05) is 37.3 Å². The normalized spacial score (nSPS) is 10.7. The van der Waals surface area contributed by atoms with Crippen molar-refractivity contribution in [1.82, 2.24) is 14.5 Å². The summed E-state index contributed by atoms with van der Waals surface area (Å²) in [6.45, 7) is 3.21. The van der Waals surface area contributed by atoms with Gasteiger partial charge >= 0.3 is 5.97 Å². The Kier molecular flexibility index (Phi) is 6.01. The summed E-state index contributed by atoms with van der Waals surface area (Å²) >= 11 is 0. The van der Waals surface area contributed by atoms with Gasteiger partial charge in [0.25, 0.3) is 0 Å². The van der Waals surface area contributed by atoms with E-state index in [9.17, 15) is 14.4 Å². The molecule has 29 heavy (non-hydrogen) atoms. The van der Waals surface area contributed by atoms with Gasteiger partial charge in [0, 0.05) is 19.2 Å². The van der Waals surface area contributed by atoms with Gasteiger partial charge in [-0.05, 0) is 12.0 Å². The standard InChI is InChI=1S/C21H21N3O5/c1-4-15-17(19(27)13(2)25)18-20(24(15)10-14-8-6-5-7-9-14)22-12-23-21(18)29-11-16(26)28-3/h5-9,12H,4,10-11H2,1-3H3. The molecule has 8 heteroatoms. The van der Waals surface area contributed by atoms with E-state index in [1.165, 1.54) is 20.4 Å². The average molecular weight is 395 g/mol. The third kappa shape index (κ3) is 4.01. The predicted molar refractivity (Wildman–Crippen MR) is 105 cm³/mol. The van der Waals surface area contributed by atoms with E-state index >= 15 is 0 Å². The molecule has 0 amide bonds. The topological polar surface area (TPSA) is 100 Å². The van der Waals surface area contributed by atoms with Gasteiger partial charge in [-0.3, -0.25) is 9.59 Å². The van der Waals surface area contributed by atoms with Crippen LogP contribution in [0.1, 0.15) is 35.5 Å². The smallest absolute Gasteiger partial charge is 0.343 e. The summed E-state index contributed by atoms with van der Waals surface area (Å²) in [6, 6.07) is 9.70. The number of fused-ring (bicyclic) bond motifs is 1. The van der Waals surface area contributed by atoms with Crippen LogP contribution in [0.15, 0.2) is 36.7 Å². The van der Waals surface area contributed by atoms with Crippen LogP contribution in [0.25, 0.3) is 11.0 Å². The number of ether oxygens (including phenoxy) is 2. The molecule has 3 aromatic rings. The van der Waals surface area contributed by atoms with Crippen LogP contribution in [0, 0.1) is 0 Å². The number of nitrogens with zero attached hydrogens (tertiary/aromatic N) is 3. The Morgan fingerprint density at radius 1 is 1.10 bits per heavy atom. The molecule has 1 aromatic carbocycles. The second-order valence-corrected chi connectivity index (χ2v) is 6.37. The maximum absolute atomic E-state index is 12.8. The second-order valence-electron chi connectivity index (χ2n) is 6.37. The highest BCUT2D eigenvalue weighted by Gasteiger charge is 2.28. The molecule has 2 heterocycles. The first-order valence-corrected chi connectivity index (χ1v) is 9.12. The highest BCUT2D eigenvalue weighted by atomic mass is 16.6. The number of hydrogen-bond acceptors (Lipinski definition) is 7. The summed E-state index contributed by atoms with van der Waals surface area (Å²) in [5.41, 5.74) is 2.35. The summed E-state index contributed by atoms with van der Waals surface area (Å²) < 4.78 is 12.0. The molecule has 0 saturated carbocycles. The molecule has 0 aliphatic rings. The van der Waals surface area contributed by atoms with Gasteiger partial charge in [0.2, 0.25) is 11.7 Å². The Labute approximate surface area is 167 Å². The fourth-order valence-electron chi connectivity index (χ4n) is 3.21. The molecule has 0 aliphatic heterocycles. The SMILES string of the molecule is CCc1c(C(=O)C(C)=O)c2c(OCC(=O)OC)ncnc2n1Cc1ccccc1. The zero-order valence-corrected chi connectivity index (χ0v) is 16.5. The molecule has 3 rings (SSSR count). The van der Waals surface area contributed by atoms with Crippen LogP contribution in [-0.2, 0) is 27.3 Å². The number of carbonyl (C=O) groups is 3. The Hall–Kier alpha value is -3.55. The number of methoxy groups -OCH3 is 1. The molecule has 0 unspecified atom stereocenters. The third-order valence-electron chi connectivity index (χ3n) is 4.53. The summed E-state index contributed by atoms with van der Waals surface area (Å²) in [7, 11) is 1.25. The monoisotopic (exact) mass is 395 g/mol. The van der Waals surface area contributed by atoms with E-state index < -0.39 is 17.5 Å². The maximum atomic E-state index is 12.8. The Balaban J connectivity index is 2.23. The fourth-order valence-corrected chi connectivity index (χ4v) is 3.21. The molecular weight excluding hydrogens is 374 g/mol. The number of carbonyl (C=O) groups excluding carboxylic acids is 3. The van der Waals surface area contributed by atoms with Gasteiger partial charge in [-0.2, -0.15) is 0 Å². The van der Waals surface area contributed by atoms with E-state index in [1.54, 1.807) is 0 Å². The zero-order chi connectivity index (χ0) is 21.0. The average Bonchev–Trinajstić information content (AvgIpc) is 3.05. The molecule has 0 saturated heterocycles. The third-order valence-corrected chi connectivity index (χ3v) is 4.53. The summed E-state index contributed by atoms with van der Waals surface area (Å²) in [5.74, 6) is -1.76. The quantitative estimate of drug-likeness (QED) is 0.328. The molecular formula is C21H21N3O5. The molecule has 0 N–H and O–H groups in total. The van der Waals surface area contributed by atoms with E-state index in [2.05, 4.69) is 14.7 Å². The highest BCUT2D eigenvalue weighted by Crippen LogP contribution is 2.32. The largest absolute Gasteiger partial charge is 0.466 e. The first-order chi connectivity index (χ1) is 14.0. The van der Waals surface area contributed by atoms with Gasteiger partial charge in [-0.25, -0.2) is 14.8 Å². The lowest BCUT2D eigenvalue weighted by molar-refractivity contribution is -0.143. The van der Waals surface area contributed by atoms with Crippen LogP contribution in [0.2, 0.25) is 0 Å². The van der Waals surface area contributed by atoms with Crippen LogP contribution in [0.4, 0.5) is 0 Å². The fraction of sp³-hybridized carbons (Fsp3) is 0.286. The molecule has 0 spiro atoms. The summed E-state index contributed by atoms with van der Waals surface area (Å²) in [4.78, 5) is 44.7. The molecule has 0 radical (unpaired) electrons. The molecule has 8 nitrogen and oxygen atoms in total. The van der Waals surface area contributed by atoms with Gasteiger partial charge in [0.15, 0.2) is 12.4 Å². The first kappa shape index (κ1) is 20.2. The summed E-state index contributed by atoms with van der Waals surface area (Å²) in [6.07, 6.45) is 1.80. The van der Waals surface area contributed by atoms with Crippen LogP contribution >= 0.6 is 0 Å². The molecule has 0 bridgehead atoms. The molecule has 0 atom stereocenters. The van der Waals surface area contributed by atoms with Crippen molar-refractivity contribution in [2.45, 2.75) is 26.8 Å². The van der Waals surface area contributed by atoms with Crippen molar-refractivity contribution in [2.75, 3.05) is 13.7 Å². The minimum atomic E-state index is -0.642. The van der Waals surface area contributed by atoms with Crippen molar-refractivity contribution in [1.29, 1.82) is 0 Å². The van der Waals surface area contributed by atoms with E-state index in [1.807, 2.05) is 41.8 Å². The van der Waals surface area contributed by atoms with Crippen molar-refractivity contribution in [2.24, 2.45) is 0 Å². The van der Waals surface area contributed by atoms with Crippen molar-refractivity contribution in [3.05, 3.63) is 53.5 Å². The molecule has 0 fully saturated rings. The van der Waals surface area contributed by atoms with E-state index in [-0.39, 0.29) is 18.1 Å². The Bertz CT molecular complexity index is 1070. The lowest BCUT2D eigenvalue weighted by Crippen LogP contribution is -2.15. The lowest BCUT2D eigenvalue weighted by Gasteiger charge is -2.10. The van der Waals surface area contributed by atoms with Crippen LogP contribution in [-0.4, -0.2) is 45.8 Å². The number of Topliss-reactive ketones (excluding diaryl/α,β-unsaturated/α-hetero) is 2. The highest BCUT2D eigenvalue weighted by molar-refractivity contribution is 6.45. The van der Waals surface area contributed by atoms with Crippen LogP contribution in [0.3, 0.4) is 0 Å². The van der Waals surface area contributed by atoms with Gasteiger partial charge < -0.3 is 14.0 Å². The van der Waals surface area contributed by atoms with Gasteiger partial charge in [0.1, 0.15) is 12.0 Å². The number of hydrogen-bond donors (Lipinski definition) is 0. The Morgan fingerprint density at radius 3 is 2.45 bits per heavy atom. The number of aromatic nitrogens is 3. The van der Waals surface area contributed by atoms with Gasteiger partial charge in [-0.15, -0.1) is 0 Å². The molecule has 150 valence electrons. The van der Waals surface area contributed by atoms with E-state index in [0.29, 0.717) is 29.7 Å². The number of benzene rings is 1. The lowest BCUT2D eigenvalue weighted by atomic mass is 10.0. The van der Waals surface area contributed by atoms with Gasteiger partial charge in [0.05, 0.1) is 18.1 Å². The van der Waals surface area contributed by atoms with Crippen molar-refractivity contribution >= 4 is 28.6 Å².